The molecule has 0 N–H and O–H groups in total. The van der Waals surface area contributed by atoms with Gasteiger partial charge in [-0.15, -0.1) is 0 Å². The minimum absolute atomic E-state index is 0.579. The summed E-state index contributed by atoms with van der Waals surface area (Å²) in [5.41, 5.74) is 2.72. The summed E-state index contributed by atoms with van der Waals surface area (Å²) in [6.07, 6.45) is 6.33. The predicted octanol–water partition coefficient (Wildman–Crippen LogP) is 3.01. The van der Waals surface area contributed by atoms with Crippen LogP contribution < -0.4 is 0 Å². The second kappa shape index (κ2) is 5.67. The minimum atomic E-state index is 0.579. The van der Waals surface area contributed by atoms with Gasteiger partial charge in [-0.25, -0.2) is 0 Å². The number of aryl methyl sites for hydroxylation is 1. The summed E-state index contributed by atoms with van der Waals surface area (Å²) in [4.78, 5) is 2.55. The highest BCUT2D eigenvalue weighted by Crippen LogP contribution is 2.21. The van der Waals surface area contributed by atoms with Crippen molar-refractivity contribution in [1.29, 1.82) is 0 Å². The van der Waals surface area contributed by atoms with Crippen LogP contribution in [0.25, 0.3) is 0 Å². The van der Waals surface area contributed by atoms with E-state index in [0.29, 0.717) is 5.92 Å². The van der Waals surface area contributed by atoms with Crippen LogP contribution in [-0.4, -0.2) is 27.8 Å². The lowest BCUT2D eigenvalue weighted by molar-refractivity contribution is 0.217. The normalized spacial score (nSPS) is 17.9. The van der Waals surface area contributed by atoms with E-state index in [-0.39, 0.29) is 0 Å². The van der Waals surface area contributed by atoms with E-state index in [9.17, 15) is 0 Å². The first-order valence-corrected chi connectivity index (χ1v) is 6.99. The third kappa shape index (κ3) is 3.09. The van der Waals surface area contributed by atoms with Gasteiger partial charge in [-0.3, -0.25) is 9.58 Å². The van der Waals surface area contributed by atoms with Crippen molar-refractivity contribution < 1.29 is 0 Å². The van der Waals surface area contributed by atoms with Crippen molar-refractivity contribution in [2.45, 2.75) is 59.0 Å². The van der Waals surface area contributed by atoms with Gasteiger partial charge >= 0.3 is 0 Å². The summed E-state index contributed by atoms with van der Waals surface area (Å²) in [6.45, 7) is 11.2. The Kier molecular flexibility index (Phi) is 4.21. The summed E-state index contributed by atoms with van der Waals surface area (Å²) in [5.74, 6) is 0.579. The van der Waals surface area contributed by atoms with Gasteiger partial charge in [0.1, 0.15) is 0 Å². The Morgan fingerprint density at radius 3 is 2.53 bits per heavy atom. The van der Waals surface area contributed by atoms with Gasteiger partial charge in [0.25, 0.3) is 0 Å². The Morgan fingerprint density at radius 1 is 1.24 bits per heavy atom. The molecule has 0 amide bonds. The number of piperidine rings is 1. The molecule has 17 heavy (non-hydrogen) atoms. The molecule has 0 bridgehead atoms. The van der Waals surface area contributed by atoms with Crippen LogP contribution in [0.4, 0.5) is 0 Å². The zero-order valence-corrected chi connectivity index (χ0v) is 11.4. The molecule has 3 heteroatoms. The van der Waals surface area contributed by atoms with Crippen LogP contribution in [0.3, 0.4) is 0 Å². The smallest absolute Gasteiger partial charge is 0.0799 e. The van der Waals surface area contributed by atoms with Gasteiger partial charge in [0.05, 0.1) is 5.69 Å². The first-order valence-electron chi connectivity index (χ1n) is 6.99. The molecule has 2 rings (SSSR count). The number of likely N-dealkylation sites (tertiary alicyclic amines) is 1. The number of nitrogens with zero attached hydrogens (tertiary/aromatic N) is 3. The maximum Gasteiger partial charge on any atom is 0.0799 e. The third-order valence-corrected chi connectivity index (χ3v) is 3.64. The Hall–Kier alpha value is -0.830. The molecule has 2 heterocycles. The molecule has 0 aromatic carbocycles. The van der Waals surface area contributed by atoms with E-state index in [1.165, 1.54) is 43.6 Å². The Balaban J connectivity index is 2.09. The lowest BCUT2D eigenvalue weighted by Crippen LogP contribution is -2.29. The second-order valence-corrected chi connectivity index (χ2v) is 5.38. The molecule has 1 aromatic rings. The topological polar surface area (TPSA) is 21.1 Å². The molecule has 1 aliphatic rings. The highest BCUT2D eigenvalue weighted by atomic mass is 15.3. The van der Waals surface area contributed by atoms with Crippen LogP contribution in [0, 0.1) is 0 Å². The quantitative estimate of drug-likeness (QED) is 0.800. The molecule has 1 saturated heterocycles. The molecule has 0 atom stereocenters. The largest absolute Gasteiger partial charge is 0.297 e. The first kappa shape index (κ1) is 12.6. The monoisotopic (exact) mass is 235 g/mol. The Morgan fingerprint density at radius 2 is 1.94 bits per heavy atom. The summed E-state index contributed by atoms with van der Waals surface area (Å²) in [7, 11) is 0. The molecule has 0 unspecified atom stereocenters. The van der Waals surface area contributed by atoms with Gasteiger partial charge in [-0.2, -0.15) is 5.10 Å². The fourth-order valence-electron chi connectivity index (χ4n) is 2.57. The zero-order valence-electron chi connectivity index (χ0n) is 11.4. The van der Waals surface area contributed by atoms with Crippen molar-refractivity contribution in [3.63, 3.8) is 0 Å². The van der Waals surface area contributed by atoms with E-state index in [0.717, 1.165) is 13.1 Å². The Bertz CT molecular complexity index is 348. The van der Waals surface area contributed by atoms with Crippen LogP contribution in [-0.2, 0) is 13.1 Å². The fraction of sp³-hybridized carbons (Fsp3) is 0.786. The van der Waals surface area contributed by atoms with Crippen molar-refractivity contribution in [2.75, 3.05) is 13.1 Å². The zero-order chi connectivity index (χ0) is 12.3. The van der Waals surface area contributed by atoms with Crippen molar-refractivity contribution in [3.05, 3.63) is 17.5 Å². The Labute approximate surface area is 105 Å². The van der Waals surface area contributed by atoms with Crippen molar-refractivity contribution in [1.82, 2.24) is 14.7 Å². The molecule has 0 aliphatic carbocycles. The highest BCUT2D eigenvalue weighted by Gasteiger charge is 2.16. The highest BCUT2D eigenvalue weighted by molar-refractivity contribution is 5.20. The van der Waals surface area contributed by atoms with Crippen molar-refractivity contribution in [2.24, 2.45) is 0 Å². The van der Waals surface area contributed by atoms with E-state index in [1.54, 1.807) is 0 Å². The van der Waals surface area contributed by atoms with E-state index >= 15 is 0 Å². The van der Waals surface area contributed by atoms with E-state index in [2.05, 4.69) is 36.5 Å². The van der Waals surface area contributed by atoms with Gasteiger partial charge in [0.15, 0.2) is 0 Å². The summed E-state index contributed by atoms with van der Waals surface area (Å²) >= 11 is 0. The van der Waals surface area contributed by atoms with Gasteiger partial charge in [0.2, 0.25) is 0 Å². The van der Waals surface area contributed by atoms with Crippen LogP contribution in [0.5, 0.6) is 0 Å². The third-order valence-electron chi connectivity index (χ3n) is 3.64. The average Bonchev–Trinajstić information content (AvgIpc) is 2.74. The average molecular weight is 235 g/mol. The molecule has 0 spiro atoms. The van der Waals surface area contributed by atoms with E-state index in [4.69, 9.17) is 5.10 Å². The molecule has 3 nitrogen and oxygen atoms in total. The van der Waals surface area contributed by atoms with Crippen LogP contribution in [0.1, 0.15) is 57.2 Å². The van der Waals surface area contributed by atoms with Gasteiger partial charge in [-0.1, -0.05) is 20.3 Å². The molecular weight excluding hydrogens is 210 g/mol. The van der Waals surface area contributed by atoms with Crippen LogP contribution in [0.15, 0.2) is 6.20 Å². The number of aromatic nitrogens is 2. The SMILES string of the molecule is CCn1cc(C(C)C)c(CN2CCCCC2)n1. The van der Waals surface area contributed by atoms with Crippen molar-refractivity contribution >= 4 is 0 Å². The summed E-state index contributed by atoms with van der Waals surface area (Å²) < 4.78 is 2.08. The van der Waals surface area contributed by atoms with Crippen LogP contribution >= 0.6 is 0 Å². The maximum absolute atomic E-state index is 4.72. The molecular formula is C14H25N3. The molecule has 1 fully saturated rings. The second-order valence-electron chi connectivity index (χ2n) is 5.38. The fourth-order valence-corrected chi connectivity index (χ4v) is 2.57. The lowest BCUT2D eigenvalue weighted by atomic mass is 10.0. The van der Waals surface area contributed by atoms with E-state index < -0.39 is 0 Å². The van der Waals surface area contributed by atoms with Gasteiger partial charge in [0, 0.05) is 19.3 Å². The molecule has 0 radical (unpaired) electrons. The number of rotatable bonds is 4. The first-order chi connectivity index (χ1) is 8.20. The molecule has 96 valence electrons. The standard InChI is InChI=1S/C14H25N3/c1-4-17-10-13(12(2)3)14(15-17)11-16-8-6-5-7-9-16/h10,12H,4-9,11H2,1-3H3. The summed E-state index contributed by atoms with van der Waals surface area (Å²) in [5, 5.41) is 4.72. The molecule has 0 saturated carbocycles. The molecule has 1 aromatic heterocycles. The van der Waals surface area contributed by atoms with Crippen LogP contribution in [0.2, 0.25) is 0 Å². The van der Waals surface area contributed by atoms with Gasteiger partial charge in [-0.05, 0) is 44.3 Å². The van der Waals surface area contributed by atoms with Gasteiger partial charge < -0.3 is 0 Å². The van der Waals surface area contributed by atoms with E-state index in [1.807, 2.05) is 0 Å². The maximum atomic E-state index is 4.72. The lowest BCUT2D eigenvalue weighted by Gasteiger charge is -2.26. The summed E-state index contributed by atoms with van der Waals surface area (Å²) in [6, 6.07) is 0. The predicted molar refractivity (Wildman–Crippen MR) is 71.1 cm³/mol. The minimum Gasteiger partial charge on any atom is -0.297 e. The van der Waals surface area contributed by atoms with Crippen molar-refractivity contribution in [3.8, 4) is 0 Å². The number of hydrogen-bond donors (Lipinski definition) is 0. The molecule has 1 aliphatic heterocycles. The number of hydrogen-bond acceptors (Lipinski definition) is 2.